The van der Waals surface area contributed by atoms with Gasteiger partial charge in [-0.1, -0.05) is 46.3 Å². The van der Waals surface area contributed by atoms with E-state index in [1.54, 1.807) is 0 Å². The molecule has 2 aliphatic heterocycles. The predicted octanol–water partition coefficient (Wildman–Crippen LogP) is 1.76. The molecule has 13 nitrogen and oxygen atoms in total. The van der Waals surface area contributed by atoms with Crippen LogP contribution in [0.2, 0.25) is 0 Å². The SMILES string of the molecule is CC(C)=CCC[C@](C)(O[C@@H]1OC[C@@H](O)[C@H](O)[C@H]1O)[C@H]1CC[C@]2(C)[C@@H]1[C@H](O)C[C@@H]1[C@@]3(C)CC[C@H](O)C(C)(C)[C@@H]3[C@@H](O[C@@H]3O[C@H](CO)[C@@H](O)[C@H](O)[C@H]3O)C[C@]12C. The van der Waals surface area contributed by atoms with Crippen molar-refractivity contribution in [2.45, 2.75) is 186 Å². The molecule has 0 radical (unpaired) electrons. The summed E-state index contributed by atoms with van der Waals surface area (Å²) in [6.45, 7) is 16.3. The lowest BCUT2D eigenvalue weighted by Crippen LogP contribution is -2.71. The van der Waals surface area contributed by atoms with E-state index in [4.69, 9.17) is 18.9 Å². The van der Waals surface area contributed by atoms with Gasteiger partial charge in [-0.2, -0.15) is 0 Å². The highest BCUT2D eigenvalue weighted by atomic mass is 16.7. The van der Waals surface area contributed by atoms with Gasteiger partial charge in [0.05, 0.1) is 37.1 Å². The Morgan fingerprint density at radius 3 is 2.13 bits per heavy atom. The second kappa shape index (κ2) is 15.1. The molecule has 0 spiro atoms. The first-order valence-corrected chi connectivity index (χ1v) is 20.4. The molecule has 2 saturated heterocycles. The Balaban J connectivity index is 1.39. The Morgan fingerprint density at radius 1 is 0.815 bits per heavy atom. The van der Waals surface area contributed by atoms with E-state index >= 15 is 0 Å². The first-order chi connectivity index (χ1) is 25.1. The van der Waals surface area contributed by atoms with E-state index < -0.39 is 107 Å². The van der Waals surface area contributed by atoms with Crippen LogP contribution in [0.15, 0.2) is 11.6 Å². The lowest BCUT2D eigenvalue weighted by Gasteiger charge is -2.72. The van der Waals surface area contributed by atoms with Crippen molar-refractivity contribution in [1.29, 1.82) is 0 Å². The maximum Gasteiger partial charge on any atom is 0.186 e. The molecule has 0 aromatic rings. The fraction of sp³-hybridized carbons (Fsp3) is 0.951. The highest BCUT2D eigenvalue weighted by molar-refractivity contribution is 5.22. The highest BCUT2D eigenvalue weighted by Gasteiger charge is 2.74. The molecule has 0 bridgehead atoms. The Morgan fingerprint density at radius 2 is 1.48 bits per heavy atom. The third-order valence-electron chi connectivity index (χ3n) is 16.2. The first-order valence-electron chi connectivity index (χ1n) is 20.4. The molecule has 6 fully saturated rings. The van der Waals surface area contributed by atoms with Crippen LogP contribution in [0.3, 0.4) is 0 Å². The monoisotopic (exact) mass is 770 g/mol. The molecule has 6 rings (SSSR count). The van der Waals surface area contributed by atoms with Crippen LogP contribution in [-0.4, -0.2) is 138 Å². The van der Waals surface area contributed by atoms with Crippen molar-refractivity contribution >= 4 is 0 Å². The second-order valence-electron chi connectivity index (χ2n) is 19.8. The molecule has 0 aromatic carbocycles. The normalized spacial score (nSPS) is 52.8. The molecule has 6 aliphatic rings. The van der Waals surface area contributed by atoms with Crippen molar-refractivity contribution in [3.8, 4) is 0 Å². The number of hydrogen-bond donors (Lipinski definition) is 9. The number of aliphatic hydroxyl groups is 9. The van der Waals surface area contributed by atoms with E-state index in [-0.39, 0.29) is 30.3 Å². The van der Waals surface area contributed by atoms with Gasteiger partial charge in [-0.25, -0.2) is 0 Å². The maximum atomic E-state index is 12.5. The summed E-state index contributed by atoms with van der Waals surface area (Å²) in [6.07, 6.45) is -7.08. The van der Waals surface area contributed by atoms with Crippen LogP contribution < -0.4 is 0 Å². The van der Waals surface area contributed by atoms with E-state index in [1.165, 1.54) is 0 Å². The molecule has 2 heterocycles. The first kappa shape index (κ1) is 42.8. The standard InChI is InChI=1S/C41H70O13/c1-20(2)10-9-13-41(8,54-35-32(49)29(46)23(44)19-51-35)21-11-15-39(6)28(21)22(43)16-26-38(5)14-12-27(45)37(3,4)34(38)24(17-40(26,39)7)52-36-33(50)31(48)30(47)25(18-42)53-36/h10,21-36,42-50H,9,11-19H2,1-8H3/t21-,22+,23+,24-,25+,26+,27-,28-,29-,30+,31-,32+,33+,34-,35-,36+,38+,39+,40+,41-/m0/s1. The minimum absolute atomic E-state index is 0.0319. The average molecular weight is 771 g/mol. The topological polar surface area (TPSA) is 219 Å². The van der Waals surface area contributed by atoms with E-state index in [9.17, 15) is 46.0 Å². The summed E-state index contributed by atoms with van der Waals surface area (Å²) < 4.78 is 25.3. The zero-order chi connectivity index (χ0) is 39.9. The van der Waals surface area contributed by atoms with Gasteiger partial charge in [-0.3, -0.25) is 0 Å². The molecule has 0 unspecified atom stereocenters. The minimum atomic E-state index is -1.59. The van der Waals surface area contributed by atoms with E-state index in [0.29, 0.717) is 38.5 Å². The minimum Gasteiger partial charge on any atom is -0.394 e. The summed E-state index contributed by atoms with van der Waals surface area (Å²) in [5.74, 6) is -0.597. The number of allylic oxidation sites excluding steroid dienone is 2. The Kier molecular flexibility index (Phi) is 12.0. The van der Waals surface area contributed by atoms with Gasteiger partial charge in [0.2, 0.25) is 0 Å². The summed E-state index contributed by atoms with van der Waals surface area (Å²) in [5.41, 5.74) is -1.66. The smallest absolute Gasteiger partial charge is 0.186 e. The molecule has 312 valence electrons. The van der Waals surface area contributed by atoms with Crippen molar-refractivity contribution in [2.24, 2.45) is 45.3 Å². The zero-order valence-electron chi connectivity index (χ0n) is 33.5. The van der Waals surface area contributed by atoms with Gasteiger partial charge in [0.15, 0.2) is 12.6 Å². The summed E-state index contributed by atoms with van der Waals surface area (Å²) in [7, 11) is 0. The van der Waals surface area contributed by atoms with E-state index in [1.807, 2.05) is 34.6 Å². The number of hydrogen-bond acceptors (Lipinski definition) is 13. The summed E-state index contributed by atoms with van der Waals surface area (Å²) in [5, 5.41) is 98.0. The van der Waals surface area contributed by atoms with Crippen LogP contribution in [0.5, 0.6) is 0 Å². The molecule has 20 atom stereocenters. The van der Waals surface area contributed by atoms with Crippen LogP contribution in [0.4, 0.5) is 0 Å². The molecule has 4 saturated carbocycles. The van der Waals surface area contributed by atoms with Crippen molar-refractivity contribution in [1.82, 2.24) is 0 Å². The molecule has 0 aromatic heterocycles. The van der Waals surface area contributed by atoms with Gasteiger partial charge in [-0.15, -0.1) is 0 Å². The predicted molar refractivity (Wildman–Crippen MR) is 196 cm³/mol. The van der Waals surface area contributed by atoms with Crippen LogP contribution in [-0.2, 0) is 18.9 Å². The Labute approximate surface area is 320 Å². The summed E-state index contributed by atoms with van der Waals surface area (Å²) >= 11 is 0. The lowest BCUT2D eigenvalue weighted by molar-refractivity contribution is -0.348. The molecule has 54 heavy (non-hydrogen) atoms. The largest absolute Gasteiger partial charge is 0.394 e. The fourth-order valence-electron chi connectivity index (χ4n) is 13.2. The quantitative estimate of drug-likeness (QED) is 0.121. The summed E-state index contributed by atoms with van der Waals surface area (Å²) in [4.78, 5) is 0. The van der Waals surface area contributed by atoms with Crippen molar-refractivity contribution in [2.75, 3.05) is 13.2 Å². The number of rotatable bonds is 9. The number of aliphatic hydroxyl groups excluding tert-OH is 9. The van der Waals surface area contributed by atoms with Gasteiger partial charge < -0.3 is 64.9 Å². The Hall–Kier alpha value is -0.780. The molecular formula is C41H70O13. The molecule has 13 heteroatoms. The van der Waals surface area contributed by atoms with Gasteiger partial charge in [0, 0.05) is 0 Å². The van der Waals surface area contributed by atoms with Crippen LogP contribution in [0.25, 0.3) is 0 Å². The molecule has 0 amide bonds. The maximum absolute atomic E-state index is 12.5. The van der Waals surface area contributed by atoms with Crippen molar-refractivity contribution in [3.63, 3.8) is 0 Å². The van der Waals surface area contributed by atoms with Crippen molar-refractivity contribution in [3.05, 3.63) is 11.6 Å². The highest BCUT2D eigenvalue weighted by Crippen LogP contribution is 2.76. The zero-order valence-corrected chi connectivity index (χ0v) is 33.5. The van der Waals surface area contributed by atoms with Gasteiger partial charge in [0.25, 0.3) is 0 Å². The summed E-state index contributed by atoms with van der Waals surface area (Å²) in [6, 6.07) is 0. The fourth-order valence-corrected chi connectivity index (χ4v) is 13.2. The van der Waals surface area contributed by atoms with Gasteiger partial charge in [0.1, 0.15) is 42.7 Å². The van der Waals surface area contributed by atoms with Crippen LogP contribution in [0.1, 0.15) is 107 Å². The van der Waals surface area contributed by atoms with Gasteiger partial charge in [-0.05, 0) is 117 Å². The van der Waals surface area contributed by atoms with Gasteiger partial charge >= 0.3 is 0 Å². The molecular weight excluding hydrogens is 700 g/mol. The average Bonchev–Trinajstić information content (AvgIpc) is 3.48. The number of ether oxygens (including phenoxy) is 4. The van der Waals surface area contributed by atoms with E-state index in [0.717, 1.165) is 18.4 Å². The third kappa shape index (κ3) is 6.76. The third-order valence-corrected chi connectivity index (χ3v) is 16.2. The second-order valence-corrected chi connectivity index (χ2v) is 19.8. The van der Waals surface area contributed by atoms with Crippen LogP contribution >= 0.6 is 0 Å². The number of fused-ring (bicyclic) bond motifs is 5. The van der Waals surface area contributed by atoms with Crippen LogP contribution in [0, 0.1) is 45.3 Å². The Bertz CT molecular complexity index is 1360. The lowest BCUT2D eigenvalue weighted by atomic mass is 9.34. The van der Waals surface area contributed by atoms with Crippen molar-refractivity contribution < 1.29 is 64.9 Å². The molecule has 4 aliphatic carbocycles. The van der Waals surface area contributed by atoms with E-state index in [2.05, 4.69) is 26.8 Å². The molecule has 9 N–H and O–H groups in total.